The van der Waals surface area contributed by atoms with E-state index in [9.17, 15) is 0 Å². The summed E-state index contributed by atoms with van der Waals surface area (Å²) in [5.74, 6) is 1.35. The third-order valence-corrected chi connectivity index (χ3v) is 2.71. The van der Waals surface area contributed by atoms with E-state index in [4.69, 9.17) is 16.2 Å². The Morgan fingerprint density at radius 2 is 1.47 bits per heavy atom. The number of nitrogen functional groups attached to an aromatic ring is 2. The van der Waals surface area contributed by atoms with Crippen LogP contribution in [-0.4, -0.2) is 0 Å². The van der Waals surface area contributed by atoms with Gasteiger partial charge < -0.3 is 16.2 Å². The fraction of sp³-hybridized carbons (Fsp3) is 0.143. The Hall–Kier alpha value is -2.16. The predicted octanol–water partition coefficient (Wildman–Crippen LogP) is 3.26. The summed E-state index contributed by atoms with van der Waals surface area (Å²) < 4.78 is 5.69. The van der Waals surface area contributed by atoms with Crippen LogP contribution < -0.4 is 16.2 Å². The molecule has 88 valence electrons. The van der Waals surface area contributed by atoms with E-state index in [0.29, 0.717) is 17.1 Å². The quantitative estimate of drug-likeness (QED) is 0.775. The van der Waals surface area contributed by atoms with Gasteiger partial charge in [-0.15, -0.1) is 0 Å². The molecule has 2 aromatic carbocycles. The molecule has 0 saturated carbocycles. The fourth-order valence-electron chi connectivity index (χ4n) is 1.55. The summed E-state index contributed by atoms with van der Waals surface area (Å²) in [5, 5.41) is 0. The second-order valence-corrected chi connectivity index (χ2v) is 4.12. The molecule has 0 atom stereocenters. The number of hydrogen-bond donors (Lipinski definition) is 2. The first kappa shape index (κ1) is 11.3. The van der Waals surface area contributed by atoms with Crippen molar-refractivity contribution in [3.63, 3.8) is 0 Å². The molecule has 2 rings (SSSR count). The third-order valence-electron chi connectivity index (χ3n) is 2.71. The zero-order valence-corrected chi connectivity index (χ0v) is 10.0. The van der Waals surface area contributed by atoms with E-state index in [1.807, 2.05) is 50.2 Å². The van der Waals surface area contributed by atoms with Crippen molar-refractivity contribution >= 4 is 11.4 Å². The van der Waals surface area contributed by atoms with Gasteiger partial charge in [-0.05, 0) is 37.6 Å². The molecular formula is C14H16N2O. The highest BCUT2D eigenvalue weighted by molar-refractivity contribution is 5.74. The van der Waals surface area contributed by atoms with Gasteiger partial charge >= 0.3 is 0 Å². The maximum absolute atomic E-state index is 5.91. The van der Waals surface area contributed by atoms with E-state index in [0.717, 1.165) is 11.3 Å². The number of rotatable bonds is 2. The lowest BCUT2D eigenvalue weighted by atomic mass is 10.1. The van der Waals surface area contributed by atoms with Crippen LogP contribution in [0.4, 0.5) is 11.4 Å². The highest BCUT2D eigenvalue weighted by atomic mass is 16.5. The normalized spacial score (nSPS) is 10.2. The van der Waals surface area contributed by atoms with Gasteiger partial charge in [0.05, 0.1) is 11.4 Å². The Labute approximate surface area is 101 Å². The SMILES string of the molecule is Cc1ccc(Oc2ccc(C)c(N)c2N)cc1. The molecule has 3 heteroatoms. The first-order valence-electron chi connectivity index (χ1n) is 5.47. The molecule has 3 nitrogen and oxygen atoms in total. The van der Waals surface area contributed by atoms with Gasteiger partial charge in [0.1, 0.15) is 5.75 Å². The molecular weight excluding hydrogens is 212 g/mol. The summed E-state index contributed by atoms with van der Waals surface area (Å²) in [6.45, 7) is 3.95. The smallest absolute Gasteiger partial charge is 0.152 e. The molecule has 0 aliphatic heterocycles. The van der Waals surface area contributed by atoms with E-state index < -0.39 is 0 Å². The van der Waals surface area contributed by atoms with Gasteiger partial charge in [-0.3, -0.25) is 0 Å². The van der Waals surface area contributed by atoms with Crippen LogP contribution in [0.3, 0.4) is 0 Å². The number of anilines is 2. The average molecular weight is 228 g/mol. The topological polar surface area (TPSA) is 61.3 Å². The van der Waals surface area contributed by atoms with Crippen molar-refractivity contribution in [3.8, 4) is 11.5 Å². The predicted molar refractivity (Wildman–Crippen MR) is 71.3 cm³/mol. The molecule has 0 saturated heterocycles. The molecule has 4 N–H and O–H groups in total. The fourth-order valence-corrected chi connectivity index (χ4v) is 1.55. The van der Waals surface area contributed by atoms with Gasteiger partial charge in [0.2, 0.25) is 0 Å². The highest BCUT2D eigenvalue weighted by Crippen LogP contribution is 2.33. The summed E-state index contributed by atoms with van der Waals surface area (Å²) in [4.78, 5) is 0. The van der Waals surface area contributed by atoms with Crippen LogP contribution in [-0.2, 0) is 0 Å². The van der Waals surface area contributed by atoms with Crippen LogP contribution in [0.25, 0.3) is 0 Å². The minimum absolute atomic E-state index is 0.491. The lowest BCUT2D eigenvalue weighted by Crippen LogP contribution is -1.99. The second kappa shape index (κ2) is 4.37. The minimum atomic E-state index is 0.491. The van der Waals surface area contributed by atoms with E-state index in [1.54, 1.807) is 0 Å². The van der Waals surface area contributed by atoms with Gasteiger partial charge in [-0.1, -0.05) is 23.8 Å². The first-order chi connectivity index (χ1) is 8.08. The number of benzene rings is 2. The zero-order chi connectivity index (χ0) is 12.4. The lowest BCUT2D eigenvalue weighted by molar-refractivity contribution is 0.485. The Morgan fingerprint density at radius 1 is 0.824 bits per heavy atom. The average Bonchev–Trinajstić information content (AvgIpc) is 2.33. The van der Waals surface area contributed by atoms with E-state index >= 15 is 0 Å². The van der Waals surface area contributed by atoms with Crippen molar-refractivity contribution in [1.29, 1.82) is 0 Å². The second-order valence-electron chi connectivity index (χ2n) is 4.12. The monoisotopic (exact) mass is 228 g/mol. The van der Waals surface area contributed by atoms with Crippen LogP contribution in [0.2, 0.25) is 0 Å². The van der Waals surface area contributed by atoms with Gasteiger partial charge in [0.25, 0.3) is 0 Å². The third kappa shape index (κ3) is 2.33. The Morgan fingerprint density at radius 3 is 2.12 bits per heavy atom. The maximum atomic E-state index is 5.91. The molecule has 17 heavy (non-hydrogen) atoms. The highest BCUT2D eigenvalue weighted by Gasteiger charge is 2.07. The summed E-state index contributed by atoms with van der Waals surface area (Å²) in [7, 11) is 0. The van der Waals surface area contributed by atoms with Gasteiger partial charge in [0, 0.05) is 0 Å². The van der Waals surface area contributed by atoms with Gasteiger partial charge in [0.15, 0.2) is 5.75 Å². The number of aryl methyl sites for hydroxylation is 2. The molecule has 0 aliphatic carbocycles. The zero-order valence-electron chi connectivity index (χ0n) is 10.0. The standard InChI is InChI=1S/C14H16N2O/c1-9-3-6-11(7-4-9)17-12-8-5-10(2)13(15)14(12)16/h3-8H,15-16H2,1-2H3. The van der Waals surface area contributed by atoms with Crippen molar-refractivity contribution in [3.05, 3.63) is 47.5 Å². The molecule has 0 radical (unpaired) electrons. The molecule has 0 spiro atoms. The maximum Gasteiger partial charge on any atom is 0.152 e. The number of nitrogens with two attached hydrogens (primary N) is 2. The largest absolute Gasteiger partial charge is 0.455 e. The molecule has 0 unspecified atom stereocenters. The van der Waals surface area contributed by atoms with E-state index in [2.05, 4.69) is 0 Å². The lowest BCUT2D eigenvalue weighted by Gasteiger charge is -2.11. The molecule has 0 amide bonds. The number of hydrogen-bond acceptors (Lipinski definition) is 3. The van der Waals surface area contributed by atoms with Crippen LogP contribution in [0.5, 0.6) is 11.5 Å². The van der Waals surface area contributed by atoms with Crippen molar-refractivity contribution in [1.82, 2.24) is 0 Å². The Bertz CT molecular complexity index is 533. The number of ether oxygens (including phenoxy) is 1. The summed E-state index contributed by atoms with van der Waals surface area (Å²) >= 11 is 0. The van der Waals surface area contributed by atoms with Crippen LogP contribution in [0, 0.1) is 13.8 Å². The molecule has 0 aromatic heterocycles. The summed E-state index contributed by atoms with van der Waals surface area (Å²) in [6, 6.07) is 11.5. The van der Waals surface area contributed by atoms with Crippen molar-refractivity contribution in [2.24, 2.45) is 0 Å². The molecule has 0 fully saturated rings. The summed E-state index contributed by atoms with van der Waals surface area (Å²) in [5.41, 5.74) is 15.0. The summed E-state index contributed by atoms with van der Waals surface area (Å²) in [6.07, 6.45) is 0. The molecule has 0 heterocycles. The van der Waals surface area contributed by atoms with Gasteiger partial charge in [-0.25, -0.2) is 0 Å². The van der Waals surface area contributed by atoms with Crippen molar-refractivity contribution < 1.29 is 4.74 Å². The van der Waals surface area contributed by atoms with Crippen molar-refractivity contribution in [2.45, 2.75) is 13.8 Å². The van der Waals surface area contributed by atoms with Crippen molar-refractivity contribution in [2.75, 3.05) is 11.5 Å². The van der Waals surface area contributed by atoms with E-state index in [1.165, 1.54) is 5.56 Å². The minimum Gasteiger partial charge on any atom is -0.455 e. The Kier molecular flexibility index (Phi) is 2.91. The molecule has 0 aliphatic rings. The van der Waals surface area contributed by atoms with Crippen LogP contribution >= 0.6 is 0 Å². The Balaban J connectivity index is 2.30. The van der Waals surface area contributed by atoms with Gasteiger partial charge in [-0.2, -0.15) is 0 Å². The molecule has 2 aromatic rings. The van der Waals surface area contributed by atoms with E-state index in [-0.39, 0.29) is 0 Å². The first-order valence-corrected chi connectivity index (χ1v) is 5.47. The van der Waals surface area contributed by atoms with Crippen LogP contribution in [0.1, 0.15) is 11.1 Å². The molecule has 0 bridgehead atoms. The van der Waals surface area contributed by atoms with Crippen LogP contribution in [0.15, 0.2) is 36.4 Å².